The van der Waals surface area contributed by atoms with Gasteiger partial charge < -0.3 is 20.5 Å². The zero-order valence-electron chi connectivity index (χ0n) is 15.0. The molecule has 1 atom stereocenters. The number of aliphatic hydroxyl groups is 1. The Morgan fingerprint density at radius 1 is 1.33 bits per heavy atom. The number of ether oxygens (including phenoxy) is 1. The van der Waals surface area contributed by atoms with E-state index in [4.69, 9.17) is 4.74 Å². The van der Waals surface area contributed by atoms with Crippen LogP contribution < -0.4 is 15.4 Å². The molecule has 1 aliphatic rings. The highest BCUT2D eigenvalue weighted by Crippen LogP contribution is 2.31. The Morgan fingerprint density at radius 3 is 2.67 bits per heavy atom. The Balaban J connectivity index is 0.00000364. The van der Waals surface area contributed by atoms with Gasteiger partial charge in [-0.2, -0.15) is 13.2 Å². The molecule has 152 valence electrons. The molecule has 1 aromatic rings. The molecule has 5 nitrogen and oxygen atoms in total. The zero-order valence-corrected chi connectivity index (χ0v) is 17.3. The van der Waals surface area contributed by atoms with E-state index in [1.807, 2.05) is 6.92 Å². The number of hydrogen-bond donors (Lipinski definition) is 3. The first-order valence-electron chi connectivity index (χ1n) is 8.56. The molecular weight excluding hydrogens is 474 g/mol. The Kier molecular flexibility index (Phi) is 9.92. The zero-order chi connectivity index (χ0) is 19.0. The molecule has 1 aliphatic carbocycles. The highest BCUT2D eigenvalue weighted by atomic mass is 127. The second-order valence-electron chi connectivity index (χ2n) is 5.99. The normalized spacial score (nSPS) is 16.0. The maximum atomic E-state index is 12.7. The molecule has 27 heavy (non-hydrogen) atoms. The number of nitrogens with one attached hydrogen (secondary N) is 2. The van der Waals surface area contributed by atoms with Crippen LogP contribution in [-0.4, -0.2) is 42.9 Å². The fourth-order valence-electron chi connectivity index (χ4n) is 2.45. The molecule has 0 heterocycles. The summed E-state index contributed by atoms with van der Waals surface area (Å²) in [6.07, 6.45) is 0.681. The van der Waals surface area contributed by atoms with E-state index in [9.17, 15) is 18.3 Å². The molecule has 0 saturated heterocycles. The van der Waals surface area contributed by atoms with Crippen molar-refractivity contribution in [3.63, 3.8) is 0 Å². The summed E-state index contributed by atoms with van der Waals surface area (Å²) in [4.78, 5) is 4.30. The summed E-state index contributed by atoms with van der Waals surface area (Å²) < 4.78 is 43.3. The molecule has 3 N–H and O–H groups in total. The van der Waals surface area contributed by atoms with Crippen molar-refractivity contribution in [1.82, 2.24) is 10.6 Å². The number of halogens is 4. The van der Waals surface area contributed by atoms with Crippen LogP contribution in [0.1, 0.15) is 25.3 Å². The molecule has 0 aromatic heterocycles. The van der Waals surface area contributed by atoms with E-state index in [1.165, 1.54) is 12.1 Å². The summed E-state index contributed by atoms with van der Waals surface area (Å²) >= 11 is 0. The van der Waals surface area contributed by atoms with Crippen molar-refractivity contribution in [3.8, 4) is 5.75 Å². The monoisotopic (exact) mass is 499 g/mol. The van der Waals surface area contributed by atoms with Gasteiger partial charge in [0.05, 0.1) is 12.1 Å². The Bertz CT molecular complexity index is 631. The minimum absolute atomic E-state index is 0. The van der Waals surface area contributed by atoms with Crippen LogP contribution in [0.15, 0.2) is 41.4 Å². The SMILES string of the molecule is CCNC(=NCC(O)COc1cccc(C(F)(F)F)c1)NC1CC=CC1.I. The smallest absolute Gasteiger partial charge is 0.416 e. The number of guanidine groups is 1. The lowest BCUT2D eigenvalue weighted by atomic mass is 10.2. The molecular formula is C18H25F3IN3O2. The number of rotatable bonds is 7. The van der Waals surface area contributed by atoms with Gasteiger partial charge in [0.25, 0.3) is 0 Å². The van der Waals surface area contributed by atoms with Gasteiger partial charge in [-0.25, -0.2) is 0 Å². The summed E-state index contributed by atoms with van der Waals surface area (Å²) in [7, 11) is 0. The molecule has 1 unspecified atom stereocenters. The van der Waals surface area contributed by atoms with Gasteiger partial charge in [0.1, 0.15) is 18.5 Å². The summed E-state index contributed by atoms with van der Waals surface area (Å²) in [5.74, 6) is 0.657. The molecule has 2 rings (SSSR count). The van der Waals surface area contributed by atoms with Crippen LogP contribution in [0.5, 0.6) is 5.75 Å². The number of aliphatic hydroxyl groups excluding tert-OH is 1. The maximum absolute atomic E-state index is 12.7. The molecule has 0 amide bonds. The van der Waals surface area contributed by atoms with Gasteiger partial charge in [-0.05, 0) is 38.0 Å². The van der Waals surface area contributed by atoms with Crippen LogP contribution in [0.2, 0.25) is 0 Å². The standard InChI is InChI=1S/C18H24F3N3O2.HI/c1-2-22-17(24-14-7-3-4-8-14)23-11-15(25)12-26-16-9-5-6-13(10-16)18(19,20)21;/h3-6,9-10,14-15,25H,2,7-8,11-12H2,1H3,(H2,22,23,24);1H. The third kappa shape index (κ3) is 8.37. The van der Waals surface area contributed by atoms with Gasteiger partial charge in [-0.1, -0.05) is 18.2 Å². The third-order valence-corrected chi connectivity index (χ3v) is 3.76. The van der Waals surface area contributed by atoms with Crippen molar-refractivity contribution < 1.29 is 23.0 Å². The molecule has 9 heteroatoms. The predicted molar refractivity (Wildman–Crippen MR) is 110 cm³/mol. The van der Waals surface area contributed by atoms with Crippen molar-refractivity contribution >= 4 is 29.9 Å². The van der Waals surface area contributed by atoms with E-state index in [1.54, 1.807) is 0 Å². The lowest BCUT2D eigenvalue weighted by molar-refractivity contribution is -0.137. The lowest BCUT2D eigenvalue weighted by Gasteiger charge is -2.17. The second-order valence-corrected chi connectivity index (χ2v) is 5.99. The summed E-state index contributed by atoms with van der Waals surface area (Å²) in [6, 6.07) is 4.86. The van der Waals surface area contributed by atoms with Crippen LogP contribution in [0.4, 0.5) is 13.2 Å². The van der Waals surface area contributed by atoms with Gasteiger partial charge >= 0.3 is 6.18 Å². The summed E-state index contributed by atoms with van der Waals surface area (Å²) in [5.41, 5.74) is -0.786. The molecule has 1 aromatic carbocycles. The number of benzene rings is 1. The van der Waals surface area contributed by atoms with Gasteiger partial charge in [0, 0.05) is 12.6 Å². The maximum Gasteiger partial charge on any atom is 0.416 e. The van der Waals surface area contributed by atoms with Crippen molar-refractivity contribution in [1.29, 1.82) is 0 Å². The largest absolute Gasteiger partial charge is 0.491 e. The first kappa shape index (κ1) is 23.5. The van der Waals surface area contributed by atoms with Gasteiger partial charge in [-0.15, -0.1) is 24.0 Å². The van der Waals surface area contributed by atoms with Crippen molar-refractivity contribution in [3.05, 3.63) is 42.0 Å². The van der Waals surface area contributed by atoms with Gasteiger partial charge in [0.15, 0.2) is 5.96 Å². The van der Waals surface area contributed by atoms with E-state index in [2.05, 4.69) is 27.8 Å². The number of alkyl halides is 3. The highest BCUT2D eigenvalue weighted by Gasteiger charge is 2.30. The Morgan fingerprint density at radius 2 is 2.04 bits per heavy atom. The molecule has 0 spiro atoms. The van der Waals surface area contributed by atoms with E-state index in [0.29, 0.717) is 12.5 Å². The van der Waals surface area contributed by atoms with E-state index >= 15 is 0 Å². The molecule has 0 saturated carbocycles. The summed E-state index contributed by atoms with van der Waals surface area (Å²) in [5, 5.41) is 16.4. The first-order chi connectivity index (χ1) is 12.4. The average Bonchev–Trinajstić information content (AvgIpc) is 3.10. The first-order valence-corrected chi connectivity index (χ1v) is 8.56. The van der Waals surface area contributed by atoms with Crippen LogP contribution in [-0.2, 0) is 6.18 Å². The topological polar surface area (TPSA) is 65.9 Å². The molecule has 0 bridgehead atoms. The van der Waals surface area contributed by atoms with Crippen molar-refractivity contribution in [2.75, 3.05) is 19.7 Å². The summed E-state index contributed by atoms with van der Waals surface area (Å²) in [6.45, 7) is 2.56. The number of nitrogens with zero attached hydrogens (tertiary/aromatic N) is 1. The fraction of sp³-hybridized carbons (Fsp3) is 0.500. The van der Waals surface area contributed by atoms with E-state index in [0.717, 1.165) is 25.0 Å². The van der Waals surface area contributed by atoms with Gasteiger partial charge in [0.2, 0.25) is 0 Å². The predicted octanol–water partition coefficient (Wildman–Crippen LogP) is 3.34. The van der Waals surface area contributed by atoms with E-state index in [-0.39, 0.29) is 48.9 Å². The fourth-order valence-corrected chi connectivity index (χ4v) is 2.45. The minimum Gasteiger partial charge on any atom is -0.491 e. The Hall–Kier alpha value is -1.49. The molecule has 0 fully saturated rings. The number of aliphatic imine (C=N–C) groups is 1. The van der Waals surface area contributed by atoms with E-state index < -0.39 is 17.8 Å². The van der Waals surface area contributed by atoms with Gasteiger partial charge in [-0.3, -0.25) is 4.99 Å². The average molecular weight is 499 g/mol. The van der Waals surface area contributed by atoms with Crippen LogP contribution in [0, 0.1) is 0 Å². The Labute approximate surface area is 174 Å². The number of hydrogen-bond acceptors (Lipinski definition) is 3. The van der Waals surface area contributed by atoms with Crippen molar-refractivity contribution in [2.45, 2.75) is 38.1 Å². The quantitative estimate of drug-likeness (QED) is 0.233. The third-order valence-electron chi connectivity index (χ3n) is 3.76. The highest BCUT2D eigenvalue weighted by molar-refractivity contribution is 14.0. The van der Waals surface area contributed by atoms with Crippen LogP contribution >= 0.6 is 24.0 Å². The van der Waals surface area contributed by atoms with Crippen LogP contribution in [0.25, 0.3) is 0 Å². The van der Waals surface area contributed by atoms with Crippen molar-refractivity contribution in [2.24, 2.45) is 4.99 Å². The molecule has 0 aliphatic heterocycles. The molecule has 0 radical (unpaired) electrons. The lowest BCUT2D eigenvalue weighted by Crippen LogP contribution is -2.43. The minimum atomic E-state index is -4.43. The van der Waals surface area contributed by atoms with Crippen LogP contribution in [0.3, 0.4) is 0 Å². The second kappa shape index (κ2) is 11.4.